The SMILES string of the molecule is COc1ccc(NC(=O)C2CCCN2S(=O)(=O)c2cccc3cccnc23)cc1Cl. The van der Waals surface area contributed by atoms with Crippen LogP contribution in [-0.4, -0.2) is 43.3 Å². The number of sulfonamides is 1. The molecular formula is C21H20ClN3O4S. The van der Waals surface area contributed by atoms with Crippen LogP contribution in [0.2, 0.25) is 5.02 Å². The third-order valence-corrected chi connectivity index (χ3v) is 7.34. The van der Waals surface area contributed by atoms with Crippen LogP contribution in [0.15, 0.2) is 59.6 Å². The predicted molar refractivity (Wildman–Crippen MR) is 115 cm³/mol. The van der Waals surface area contributed by atoms with E-state index in [-0.39, 0.29) is 11.4 Å². The minimum atomic E-state index is -3.91. The zero-order valence-corrected chi connectivity index (χ0v) is 17.8. The zero-order chi connectivity index (χ0) is 21.3. The van der Waals surface area contributed by atoms with Gasteiger partial charge in [0.25, 0.3) is 0 Å². The van der Waals surface area contributed by atoms with Gasteiger partial charge in [-0.25, -0.2) is 8.42 Å². The van der Waals surface area contributed by atoms with Crippen LogP contribution in [0, 0.1) is 0 Å². The largest absolute Gasteiger partial charge is 0.495 e. The number of rotatable bonds is 5. The summed E-state index contributed by atoms with van der Waals surface area (Å²) >= 11 is 6.12. The highest BCUT2D eigenvalue weighted by molar-refractivity contribution is 7.89. The number of pyridine rings is 1. The molecule has 7 nitrogen and oxygen atoms in total. The van der Waals surface area contributed by atoms with Crippen molar-refractivity contribution in [1.29, 1.82) is 0 Å². The Labute approximate surface area is 179 Å². The average Bonchev–Trinajstić information content (AvgIpc) is 3.24. The molecule has 0 saturated carbocycles. The Morgan fingerprint density at radius 1 is 1.23 bits per heavy atom. The third-order valence-electron chi connectivity index (χ3n) is 5.11. The molecule has 1 fully saturated rings. The molecule has 1 amide bonds. The molecule has 1 atom stereocenters. The molecule has 0 spiro atoms. The Hall–Kier alpha value is -2.68. The number of nitrogens with one attached hydrogen (secondary N) is 1. The zero-order valence-electron chi connectivity index (χ0n) is 16.2. The van der Waals surface area contributed by atoms with Gasteiger partial charge in [0.05, 0.1) is 17.6 Å². The number of anilines is 1. The van der Waals surface area contributed by atoms with Gasteiger partial charge < -0.3 is 10.1 Å². The molecule has 3 aromatic rings. The van der Waals surface area contributed by atoms with Crippen molar-refractivity contribution in [2.45, 2.75) is 23.8 Å². The number of para-hydroxylation sites is 1. The van der Waals surface area contributed by atoms with Crippen LogP contribution in [0.1, 0.15) is 12.8 Å². The highest BCUT2D eigenvalue weighted by Gasteiger charge is 2.40. The first-order valence-electron chi connectivity index (χ1n) is 9.42. The predicted octanol–water partition coefficient (Wildman–Crippen LogP) is 3.69. The maximum Gasteiger partial charge on any atom is 0.245 e. The number of methoxy groups -OCH3 is 1. The molecule has 0 bridgehead atoms. The first kappa shape index (κ1) is 20.6. The number of carbonyl (C=O) groups excluding carboxylic acids is 1. The lowest BCUT2D eigenvalue weighted by Crippen LogP contribution is -2.43. The minimum Gasteiger partial charge on any atom is -0.495 e. The summed E-state index contributed by atoms with van der Waals surface area (Å²) in [5.74, 6) is 0.0914. The van der Waals surface area contributed by atoms with E-state index in [0.717, 1.165) is 5.39 Å². The molecule has 1 aromatic heterocycles. The number of nitrogens with zero attached hydrogens (tertiary/aromatic N) is 2. The van der Waals surface area contributed by atoms with Gasteiger partial charge in [0, 0.05) is 23.8 Å². The van der Waals surface area contributed by atoms with E-state index in [1.54, 1.807) is 36.5 Å². The number of amides is 1. The number of hydrogen-bond acceptors (Lipinski definition) is 5. The topological polar surface area (TPSA) is 88.6 Å². The van der Waals surface area contributed by atoms with E-state index in [2.05, 4.69) is 10.3 Å². The highest BCUT2D eigenvalue weighted by atomic mass is 35.5. The lowest BCUT2D eigenvalue weighted by atomic mass is 10.2. The van der Waals surface area contributed by atoms with Crippen molar-refractivity contribution in [2.24, 2.45) is 0 Å². The van der Waals surface area contributed by atoms with Crippen molar-refractivity contribution in [3.05, 3.63) is 59.8 Å². The first-order valence-corrected chi connectivity index (χ1v) is 11.2. The van der Waals surface area contributed by atoms with Crippen molar-refractivity contribution in [3.63, 3.8) is 0 Å². The van der Waals surface area contributed by atoms with Gasteiger partial charge in [0.2, 0.25) is 15.9 Å². The maximum atomic E-state index is 13.4. The minimum absolute atomic E-state index is 0.104. The van der Waals surface area contributed by atoms with Crippen LogP contribution in [0.4, 0.5) is 5.69 Å². The van der Waals surface area contributed by atoms with Crippen LogP contribution < -0.4 is 10.1 Å². The van der Waals surface area contributed by atoms with Gasteiger partial charge in [-0.2, -0.15) is 4.31 Å². The van der Waals surface area contributed by atoms with Crippen LogP contribution in [-0.2, 0) is 14.8 Å². The second-order valence-corrected chi connectivity index (χ2v) is 9.21. The summed E-state index contributed by atoms with van der Waals surface area (Å²) in [5, 5.41) is 3.85. The average molecular weight is 446 g/mol. The summed E-state index contributed by atoms with van der Waals surface area (Å²) in [6, 6.07) is 12.6. The summed E-state index contributed by atoms with van der Waals surface area (Å²) in [6.45, 7) is 0.271. The maximum absolute atomic E-state index is 13.4. The molecule has 9 heteroatoms. The van der Waals surface area contributed by atoms with E-state index in [1.165, 1.54) is 17.5 Å². The molecule has 156 valence electrons. The van der Waals surface area contributed by atoms with Gasteiger partial charge in [-0.1, -0.05) is 29.8 Å². The summed E-state index contributed by atoms with van der Waals surface area (Å²) < 4.78 is 33.2. The second kappa shape index (κ2) is 8.22. The molecule has 1 unspecified atom stereocenters. The molecular weight excluding hydrogens is 426 g/mol. The number of carbonyl (C=O) groups is 1. The molecule has 1 N–H and O–H groups in total. The summed E-state index contributed by atoms with van der Waals surface area (Å²) in [4.78, 5) is 17.3. The van der Waals surface area contributed by atoms with Gasteiger partial charge in [-0.05, 0) is 43.2 Å². The first-order chi connectivity index (χ1) is 14.4. The molecule has 1 aliphatic heterocycles. The molecule has 0 radical (unpaired) electrons. The Morgan fingerprint density at radius 3 is 2.80 bits per heavy atom. The van der Waals surface area contributed by atoms with Gasteiger partial charge >= 0.3 is 0 Å². The fourth-order valence-electron chi connectivity index (χ4n) is 3.67. The summed E-state index contributed by atoms with van der Waals surface area (Å²) in [6.07, 6.45) is 2.59. The van der Waals surface area contributed by atoms with Gasteiger partial charge in [-0.3, -0.25) is 9.78 Å². The third kappa shape index (κ3) is 3.74. The Kier molecular flexibility index (Phi) is 5.64. The smallest absolute Gasteiger partial charge is 0.245 e. The number of hydrogen-bond donors (Lipinski definition) is 1. The van der Waals surface area contributed by atoms with Crippen LogP contribution in [0.25, 0.3) is 10.9 Å². The Bertz CT molecular complexity index is 1210. The van der Waals surface area contributed by atoms with E-state index >= 15 is 0 Å². The number of fused-ring (bicyclic) bond motifs is 1. The van der Waals surface area contributed by atoms with Crippen LogP contribution in [0.5, 0.6) is 5.75 Å². The number of halogens is 1. The monoisotopic (exact) mass is 445 g/mol. The van der Waals surface area contributed by atoms with Crippen LogP contribution >= 0.6 is 11.6 Å². The summed E-state index contributed by atoms with van der Waals surface area (Å²) in [7, 11) is -2.40. The van der Waals surface area contributed by atoms with Gasteiger partial charge in [0.15, 0.2) is 0 Å². The van der Waals surface area contributed by atoms with Crippen molar-refractivity contribution < 1.29 is 17.9 Å². The number of ether oxygens (including phenoxy) is 1. The fraction of sp³-hybridized carbons (Fsp3) is 0.238. The van der Waals surface area contributed by atoms with Crippen LogP contribution in [0.3, 0.4) is 0 Å². The second-order valence-electron chi connectivity index (χ2n) is 6.94. The van der Waals surface area contributed by atoms with Gasteiger partial charge in [-0.15, -0.1) is 0 Å². The molecule has 0 aliphatic carbocycles. The van der Waals surface area contributed by atoms with E-state index in [9.17, 15) is 13.2 Å². The van der Waals surface area contributed by atoms with E-state index < -0.39 is 22.0 Å². The fourth-order valence-corrected chi connectivity index (χ4v) is 5.75. The lowest BCUT2D eigenvalue weighted by Gasteiger charge is -2.24. The van der Waals surface area contributed by atoms with Crippen molar-refractivity contribution in [3.8, 4) is 5.75 Å². The van der Waals surface area contributed by atoms with Crippen molar-refractivity contribution in [2.75, 3.05) is 19.0 Å². The van der Waals surface area contributed by atoms with E-state index in [0.29, 0.717) is 34.8 Å². The molecule has 1 saturated heterocycles. The van der Waals surface area contributed by atoms with E-state index in [4.69, 9.17) is 16.3 Å². The summed E-state index contributed by atoms with van der Waals surface area (Å²) in [5.41, 5.74) is 0.870. The Morgan fingerprint density at radius 2 is 2.03 bits per heavy atom. The van der Waals surface area contributed by atoms with Gasteiger partial charge in [0.1, 0.15) is 16.7 Å². The molecule has 2 aromatic carbocycles. The van der Waals surface area contributed by atoms with Crippen molar-refractivity contribution >= 4 is 44.1 Å². The molecule has 1 aliphatic rings. The highest BCUT2D eigenvalue weighted by Crippen LogP contribution is 2.31. The molecule has 2 heterocycles. The number of benzene rings is 2. The molecule has 4 rings (SSSR count). The quantitative estimate of drug-likeness (QED) is 0.647. The van der Waals surface area contributed by atoms with E-state index in [1.807, 2.05) is 12.1 Å². The molecule has 30 heavy (non-hydrogen) atoms. The standard InChI is InChI=1S/C21H20ClN3O4S/c1-29-18-10-9-15(13-16(18)22)24-21(26)17-7-4-12-25(17)30(27,28)19-8-2-5-14-6-3-11-23-20(14)19/h2-3,5-6,8-11,13,17H,4,7,12H2,1H3,(H,24,26). The number of aromatic nitrogens is 1. The van der Waals surface area contributed by atoms with Crippen molar-refractivity contribution in [1.82, 2.24) is 9.29 Å². The Balaban J connectivity index is 1.62. The lowest BCUT2D eigenvalue weighted by molar-refractivity contribution is -0.119. The normalized spacial score (nSPS) is 17.2.